The number of benzene rings is 1. The summed E-state index contributed by atoms with van der Waals surface area (Å²) in [5.41, 5.74) is 1.27. The number of amides is 3. The minimum absolute atomic E-state index is 0.247. The third-order valence-electron chi connectivity index (χ3n) is 4.38. The molecule has 1 N–H and O–H groups in total. The van der Waals surface area contributed by atoms with Gasteiger partial charge in [-0.25, -0.2) is 4.79 Å². The Morgan fingerprint density at radius 2 is 1.78 bits per heavy atom. The zero-order valence-electron chi connectivity index (χ0n) is 15.2. The van der Waals surface area contributed by atoms with E-state index < -0.39 is 0 Å². The van der Waals surface area contributed by atoms with Crippen LogP contribution in [0.4, 0.5) is 10.5 Å². The van der Waals surface area contributed by atoms with Gasteiger partial charge in [-0.1, -0.05) is 18.2 Å². The van der Waals surface area contributed by atoms with Crippen molar-refractivity contribution in [3.8, 4) is 0 Å². The van der Waals surface area contributed by atoms with Gasteiger partial charge in [0.25, 0.3) is 0 Å². The van der Waals surface area contributed by atoms with E-state index in [9.17, 15) is 14.4 Å². The van der Waals surface area contributed by atoms with Gasteiger partial charge >= 0.3 is 6.09 Å². The lowest BCUT2D eigenvalue weighted by Gasteiger charge is -2.34. The van der Waals surface area contributed by atoms with Crippen LogP contribution in [-0.4, -0.2) is 65.5 Å². The number of piperazine rings is 1. The second kappa shape index (κ2) is 8.48. The van der Waals surface area contributed by atoms with Crippen LogP contribution in [0.15, 0.2) is 36.5 Å². The number of para-hydroxylation sites is 1. The van der Waals surface area contributed by atoms with Crippen molar-refractivity contribution in [3.05, 3.63) is 36.5 Å². The summed E-state index contributed by atoms with van der Waals surface area (Å²) in [5.74, 6) is -0.643. The Labute approximate surface area is 157 Å². The smallest absolute Gasteiger partial charge is 0.409 e. The van der Waals surface area contributed by atoms with Crippen LogP contribution < -0.4 is 5.32 Å². The first-order chi connectivity index (χ1) is 13.1. The second-order valence-electron chi connectivity index (χ2n) is 6.17. The number of carbonyl (C=O) groups excluding carboxylic acids is 3. The highest BCUT2D eigenvalue weighted by atomic mass is 16.6. The summed E-state index contributed by atoms with van der Waals surface area (Å²) < 4.78 is 4.96. The molecule has 1 aromatic carbocycles. The van der Waals surface area contributed by atoms with Crippen LogP contribution in [0, 0.1) is 0 Å². The first kappa shape index (κ1) is 18.6. The van der Waals surface area contributed by atoms with Crippen molar-refractivity contribution >= 4 is 34.5 Å². The van der Waals surface area contributed by atoms with E-state index in [-0.39, 0.29) is 24.3 Å². The molecule has 0 aliphatic carbocycles. The fourth-order valence-electron chi connectivity index (χ4n) is 3.00. The van der Waals surface area contributed by atoms with Gasteiger partial charge in [-0.05, 0) is 19.1 Å². The average molecular weight is 370 g/mol. The van der Waals surface area contributed by atoms with Crippen molar-refractivity contribution < 1.29 is 19.1 Å². The predicted octanol–water partition coefficient (Wildman–Crippen LogP) is 1.86. The molecule has 3 rings (SSSR count). The number of carbonyl (C=O) groups is 3. The maximum atomic E-state index is 12.4. The van der Waals surface area contributed by atoms with Crippen LogP contribution in [0.3, 0.4) is 0 Å². The van der Waals surface area contributed by atoms with E-state index in [1.165, 1.54) is 0 Å². The zero-order valence-corrected chi connectivity index (χ0v) is 15.2. The maximum Gasteiger partial charge on any atom is 0.409 e. The molecule has 1 saturated heterocycles. The summed E-state index contributed by atoms with van der Waals surface area (Å²) in [5, 5.41) is 3.68. The van der Waals surface area contributed by atoms with E-state index >= 15 is 0 Å². The van der Waals surface area contributed by atoms with E-state index in [4.69, 9.17) is 4.74 Å². The van der Waals surface area contributed by atoms with Crippen molar-refractivity contribution in [1.29, 1.82) is 0 Å². The van der Waals surface area contributed by atoms with Gasteiger partial charge in [0.05, 0.1) is 17.8 Å². The van der Waals surface area contributed by atoms with Gasteiger partial charge in [0.15, 0.2) is 0 Å². The Hall–Kier alpha value is -3.16. The monoisotopic (exact) mass is 370 g/mol. The van der Waals surface area contributed by atoms with Crippen LogP contribution in [0.2, 0.25) is 0 Å². The Morgan fingerprint density at radius 1 is 1.07 bits per heavy atom. The molecule has 8 heteroatoms. The minimum Gasteiger partial charge on any atom is -0.450 e. The summed E-state index contributed by atoms with van der Waals surface area (Å²) in [7, 11) is 0. The predicted molar refractivity (Wildman–Crippen MR) is 100 cm³/mol. The molecule has 0 unspecified atom stereocenters. The molecule has 1 aliphatic rings. The van der Waals surface area contributed by atoms with Gasteiger partial charge in [0, 0.05) is 37.8 Å². The van der Waals surface area contributed by atoms with Crippen molar-refractivity contribution in [2.75, 3.05) is 38.1 Å². The lowest BCUT2D eigenvalue weighted by molar-refractivity contribution is -0.135. The first-order valence-electron chi connectivity index (χ1n) is 8.91. The molecule has 0 spiro atoms. The van der Waals surface area contributed by atoms with Crippen molar-refractivity contribution in [2.24, 2.45) is 0 Å². The number of ether oxygens (including phenoxy) is 1. The zero-order chi connectivity index (χ0) is 19.2. The molecule has 1 aliphatic heterocycles. The van der Waals surface area contributed by atoms with Gasteiger partial charge in [-0.3, -0.25) is 14.6 Å². The summed E-state index contributed by atoms with van der Waals surface area (Å²) in [4.78, 5) is 43.8. The Kier molecular flexibility index (Phi) is 5.85. The number of nitrogens with zero attached hydrogens (tertiary/aromatic N) is 3. The van der Waals surface area contributed by atoms with Crippen molar-refractivity contribution in [1.82, 2.24) is 14.8 Å². The normalized spacial score (nSPS) is 14.1. The molecule has 27 heavy (non-hydrogen) atoms. The first-order valence-corrected chi connectivity index (χ1v) is 8.91. The lowest BCUT2D eigenvalue weighted by Crippen LogP contribution is -2.51. The summed E-state index contributed by atoms with van der Waals surface area (Å²) in [6.45, 7) is 3.66. The molecule has 3 amide bonds. The highest BCUT2D eigenvalue weighted by molar-refractivity contribution is 6.07. The number of hydrogen-bond acceptors (Lipinski definition) is 5. The SMILES string of the molecule is CCOC(=O)N1CCN(C(=O)CC(=O)Nc2cccc3cccnc23)CC1. The highest BCUT2D eigenvalue weighted by Crippen LogP contribution is 2.20. The van der Waals surface area contributed by atoms with E-state index in [1.807, 2.05) is 24.3 Å². The number of hydrogen-bond donors (Lipinski definition) is 1. The molecule has 0 bridgehead atoms. The van der Waals surface area contributed by atoms with Gasteiger partial charge in [-0.2, -0.15) is 0 Å². The highest BCUT2D eigenvalue weighted by Gasteiger charge is 2.26. The van der Waals surface area contributed by atoms with Crippen LogP contribution in [0.1, 0.15) is 13.3 Å². The van der Waals surface area contributed by atoms with Crippen molar-refractivity contribution in [2.45, 2.75) is 13.3 Å². The molecule has 0 atom stereocenters. The maximum absolute atomic E-state index is 12.4. The molecule has 2 aromatic rings. The van der Waals surface area contributed by atoms with Gasteiger partial charge in [0.2, 0.25) is 11.8 Å². The molecule has 2 heterocycles. The van der Waals surface area contributed by atoms with Gasteiger partial charge in [-0.15, -0.1) is 0 Å². The number of pyridine rings is 1. The van der Waals surface area contributed by atoms with E-state index in [1.54, 1.807) is 29.0 Å². The quantitative estimate of drug-likeness (QED) is 0.830. The molecular weight excluding hydrogens is 348 g/mol. The molecule has 8 nitrogen and oxygen atoms in total. The summed E-state index contributed by atoms with van der Waals surface area (Å²) in [6.07, 6.45) is 1.04. The third-order valence-corrected chi connectivity index (χ3v) is 4.38. The molecule has 1 fully saturated rings. The Morgan fingerprint density at radius 3 is 2.52 bits per heavy atom. The van der Waals surface area contributed by atoms with Crippen molar-refractivity contribution in [3.63, 3.8) is 0 Å². The summed E-state index contributed by atoms with van der Waals surface area (Å²) >= 11 is 0. The van der Waals surface area contributed by atoms with E-state index in [2.05, 4.69) is 10.3 Å². The summed E-state index contributed by atoms with van der Waals surface area (Å²) in [6, 6.07) is 9.23. The van der Waals surface area contributed by atoms with Crippen LogP contribution >= 0.6 is 0 Å². The van der Waals surface area contributed by atoms with Crippen LogP contribution in [-0.2, 0) is 14.3 Å². The molecule has 0 radical (unpaired) electrons. The van der Waals surface area contributed by atoms with E-state index in [0.717, 1.165) is 5.39 Å². The molecular formula is C19H22N4O4. The van der Waals surface area contributed by atoms with Crippen LogP contribution in [0.25, 0.3) is 10.9 Å². The van der Waals surface area contributed by atoms with Gasteiger partial charge in [0.1, 0.15) is 6.42 Å². The van der Waals surface area contributed by atoms with E-state index in [0.29, 0.717) is 44.0 Å². The molecule has 1 aromatic heterocycles. The topological polar surface area (TPSA) is 91.8 Å². The number of aromatic nitrogens is 1. The Balaban J connectivity index is 1.54. The average Bonchev–Trinajstić information content (AvgIpc) is 2.68. The number of nitrogens with one attached hydrogen (secondary N) is 1. The number of rotatable bonds is 4. The van der Waals surface area contributed by atoms with Gasteiger partial charge < -0.3 is 19.9 Å². The minimum atomic E-state index is -0.383. The number of anilines is 1. The largest absolute Gasteiger partial charge is 0.450 e. The third kappa shape index (κ3) is 4.52. The lowest BCUT2D eigenvalue weighted by atomic mass is 10.2. The second-order valence-corrected chi connectivity index (χ2v) is 6.17. The molecule has 0 saturated carbocycles. The standard InChI is InChI=1S/C19H22N4O4/c1-2-27-19(26)23-11-9-22(10-12-23)17(25)13-16(24)21-15-7-3-5-14-6-4-8-20-18(14)15/h3-8H,2,9-13H2,1H3,(H,21,24). The number of fused-ring (bicyclic) bond motifs is 1. The van der Waals surface area contributed by atoms with Crippen LogP contribution in [0.5, 0.6) is 0 Å². The molecule has 142 valence electrons. The Bertz CT molecular complexity index is 841. The fourth-order valence-corrected chi connectivity index (χ4v) is 3.00. The fraction of sp³-hybridized carbons (Fsp3) is 0.368.